The average Bonchev–Trinajstić information content (AvgIpc) is 2.84. The first kappa shape index (κ1) is 18.9. The van der Waals surface area contributed by atoms with Crippen molar-refractivity contribution in [1.82, 2.24) is 15.1 Å². The summed E-state index contributed by atoms with van der Waals surface area (Å²) in [5.41, 5.74) is 0.316. The van der Waals surface area contributed by atoms with Gasteiger partial charge in [0.1, 0.15) is 0 Å². The van der Waals surface area contributed by atoms with E-state index in [1.54, 1.807) is 0 Å². The SMILES string of the molecule is CCCNCC1(CN(CCN(C)C)CC(C)C)CCOC1. The largest absolute Gasteiger partial charge is 0.381 e. The molecule has 1 fully saturated rings. The van der Waals surface area contributed by atoms with Crippen LogP contribution >= 0.6 is 0 Å². The second kappa shape index (κ2) is 9.78. The molecule has 0 aromatic heterocycles. The second-order valence-electron chi connectivity index (χ2n) is 7.41. The molecule has 4 nitrogen and oxygen atoms in total. The summed E-state index contributed by atoms with van der Waals surface area (Å²) in [6.45, 7) is 15.5. The van der Waals surface area contributed by atoms with Crippen LogP contribution in [0.25, 0.3) is 0 Å². The van der Waals surface area contributed by atoms with E-state index in [9.17, 15) is 0 Å². The molecule has 0 aliphatic carbocycles. The average molecular weight is 300 g/mol. The Morgan fingerprint density at radius 1 is 1.24 bits per heavy atom. The number of hydrogen-bond donors (Lipinski definition) is 1. The number of nitrogens with zero attached hydrogens (tertiary/aromatic N) is 2. The van der Waals surface area contributed by atoms with Crippen LogP contribution < -0.4 is 5.32 Å². The Labute approximate surface area is 132 Å². The van der Waals surface area contributed by atoms with Gasteiger partial charge >= 0.3 is 0 Å². The third-order valence-electron chi connectivity index (χ3n) is 4.16. The Morgan fingerprint density at radius 2 is 2.00 bits per heavy atom. The van der Waals surface area contributed by atoms with Crippen molar-refractivity contribution in [3.8, 4) is 0 Å². The molecule has 0 spiro atoms. The lowest BCUT2D eigenvalue weighted by atomic mass is 9.86. The lowest BCUT2D eigenvalue weighted by molar-refractivity contribution is 0.0981. The molecule has 1 heterocycles. The molecule has 0 radical (unpaired) electrons. The standard InChI is InChI=1S/C17H37N3O/c1-6-8-18-13-17(7-11-21-15-17)14-20(12-16(2)3)10-9-19(4)5/h16,18H,6-15H2,1-5H3. The fourth-order valence-electron chi connectivity index (χ4n) is 3.07. The molecular weight excluding hydrogens is 262 g/mol. The molecule has 21 heavy (non-hydrogen) atoms. The highest BCUT2D eigenvalue weighted by molar-refractivity contribution is 4.89. The number of likely N-dealkylation sites (N-methyl/N-ethyl adjacent to an activating group) is 1. The minimum Gasteiger partial charge on any atom is -0.381 e. The van der Waals surface area contributed by atoms with Crippen LogP contribution in [0.3, 0.4) is 0 Å². The Morgan fingerprint density at radius 3 is 2.52 bits per heavy atom. The van der Waals surface area contributed by atoms with Crippen LogP contribution in [0.2, 0.25) is 0 Å². The molecule has 0 aromatic rings. The van der Waals surface area contributed by atoms with Gasteiger partial charge in [-0.05, 0) is 39.4 Å². The highest BCUT2D eigenvalue weighted by atomic mass is 16.5. The molecular formula is C17H37N3O. The zero-order valence-electron chi connectivity index (χ0n) is 15.0. The monoisotopic (exact) mass is 299 g/mol. The van der Waals surface area contributed by atoms with Crippen LogP contribution in [0.1, 0.15) is 33.6 Å². The quantitative estimate of drug-likeness (QED) is 0.590. The molecule has 0 amide bonds. The Kier molecular flexibility index (Phi) is 8.79. The summed E-state index contributed by atoms with van der Waals surface area (Å²) in [5, 5.41) is 3.62. The lowest BCUT2D eigenvalue weighted by Gasteiger charge is -2.36. The van der Waals surface area contributed by atoms with E-state index in [1.807, 2.05) is 0 Å². The topological polar surface area (TPSA) is 27.7 Å². The maximum atomic E-state index is 5.75. The summed E-state index contributed by atoms with van der Waals surface area (Å²) in [6, 6.07) is 0. The lowest BCUT2D eigenvalue weighted by Crippen LogP contribution is -2.47. The first-order chi connectivity index (χ1) is 9.97. The highest BCUT2D eigenvalue weighted by Gasteiger charge is 2.36. The predicted molar refractivity (Wildman–Crippen MR) is 90.9 cm³/mol. The van der Waals surface area contributed by atoms with E-state index in [0.29, 0.717) is 5.41 Å². The summed E-state index contributed by atoms with van der Waals surface area (Å²) in [6.07, 6.45) is 2.40. The van der Waals surface area contributed by atoms with Gasteiger partial charge in [0.05, 0.1) is 6.61 Å². The van der Waals surface area contributed by atoms with Gasteiger partial charge in [-0.15, -0.1) is 0 Å². The van der Waals surface area contributed by atoms with Crippen LogP contribution in [-0.4, -0.2) is 76.4 Å². The molecule has 0 saturated carbocycles. The molecule has 126 valence electrons. The van der Waals surface area contributed by atoms with Gasteiger partial charge in [-0.3, -0.25) is 0 Å². The third-order valence-corrected chi connectivity index (χ3v) is 4.16. The maximum absolute atomic E-state index is 5.75. The smallest absolute Gasteiger partial charge is 0.0547 e. The van der Waals surface area contributed by atoms with Crippen molar-refractivity contribution >= 4 is 0 Å². The van der Waals surface area contributed by atoms with E-state index >= 15 is 0 Å². The summed E-state index contributed by atoms with van der Waals surface area (Å²) < 4.78 is 5.75. The number of hydrogen-bond acceptors (Lipinski definition) is 4. The first-order valence-electron chi connectivity index (χ1n) is 8.63. The van der Waals surface area contributed by atoms with Crippen LogP contribution in [0.15, 0.2) is 0 Å². The predicted octanol–water partition coefficient (Wildman–Crippen LogP) is 1.91. The van der Waals surface area contributed by atoms with Gasteiger partial charge in [0.15, 0.2) is 0 Å². The van der Waals surface area contributed by atoms with E-state index in [-0.39, 0.29) is 0 Å². The van der Waals surface area contributed by atoms with Gasteiger partial charge in [-0.25, -0.2) is 0 Å². The van der Waals surface area contributed by atoms with E-state index in [0.717, 1.165) is 51.9 Å². The van der Waals surface area contributed by atoms with Gasteiger partial charge in [-0.1, -0.05) is 20.8 Å². The number of ether oxygens (including phenoxy) is 1. The normalized spacial score (nSPS) is 22.9. The third kappa shape index (κ3) is 7.59. The van der Waals surface area contributed by atoms with Gasteiger partial charge in [0.2, 0.25) is 0 Å². The summed E-state index contributed by atoms with van der Waals surface area (Å²) >= 11 is 0. The van der Waals surface area contributed by atoms with Crippen molar-refractivity contribution in [1.29, 1.82) is 0 Å². The van der Waals surface area contributed by atoms with Crippen LogP contribution in [0, 0.1) is 11.3 Å². The maximum Gasteiger partial charge on any atom is 0.0547 e. The minimum atomic E-state index is 0.316. The summed E-state index contributed by atoms with van der Waals surface area (Å²) in [5.74, 6) is 0.718. The van der Waals surface area contributed by atoms with E-state index < -0.39 is 0 Å². The van der Waals surface area contributed by atoms with Gasteiger partial charge in [-0.2, -0.15) is 0 Å². The van der Waals surface area contributed by atoms with Crippen LogP contribution in [-0.2, 0) is 4.74 Å². The zero-order chi connectivity index (χ0) is 15.7. The Bertz CT molecular complexity index is 263. The summed E-state index contributed by atoms with van der Waals surface area (Å²) in [7, 11) is 4.32. The number of rotatable bonds is 11. The molecule has 1 unspecified atom stereocenters. The molecule has 1 N–H and O–H groups in total. The number of nitrogens with one attached hydrogen (secondary N) is 1. The molecule has 1 rings (SSSR count). The zero-order valence-corrected chi connectivity index (χ0v) is 15.0. The van der Waals surface area contributed by atoms with Crippen molar-refractivity contribution in [2.45, 2.75) is 33.6 Å². The van der Waals surface area contributed by atoms with E-state index in [4.69, 9.17) is 4.74 Å². The van der Waals surface area contributed by atoms with E-state index in [2.05, 4.69) is 50.0 Å². The van der Waals surface area contributed by atoms with Crippen molar-refractivity contribution < 1.29 is 4.74 Å². The van der Waals surface area contributed by atoms with Crippen LogP contribution in [0.4, 0.5) is 0 Å². The van der Waals surface area contributed by atoms with Gasteiger partial charge in [0.25, 0.3) is 0 Å². The second-order valence-corrected chi connectivity index (χ2v) is 7.41. The fraction of sp³-hybridized carbons (Fsp3) is 1.00. The minimum absolute atomic E-state index is 0.316. The molecule has 1 aliphatic rings. The molecule has 1 aliphatic heterocycles. The van der Waals surface area contributed by atoms with Gasteiger partial charge in [0, 0.05) is 44.7 Å². The molecule has 0 aromatic carbocycles. The van der Waals surface area contributed by atoms with Crippen molar-refractivity contribution in [2.75, 3.05) is 66.6 Å². The summed E-state index contributed by atoms with van der Waals surface area (Å²) in [4.78, 5) is 4.92. The first-order valence-corrected chi connectivity index (χ1v) is 8.63. The van der Waals surface area contributed by atoms with Crippen molar-refractivity contribution in [2.24, 2.45) is 11.3 Å². The Hall–Kier alpha value is -0.160. The molecule has 1 saturated heterocycles. The highest BCUT2D eigenvalue weighted by Crippen LogP contribution is 2.29. The molecule has 1 atom stereocenters. The van der Waals surface area contributed by atoms with Crippen molar-refractivity contribution in [3.05, 3.63) is 0 Å². The van der Waals surface area contributed by atoms with Crippen molar-refractivity contribution in [3.63, 3.8) is 0 Å². The molecule has 4 heteroatoms. The fourth-order valence-corrected chi connectivity index (χ4v) is 3.07. The van der Waals surface area contributed by atoms with Crippen LogP contribution in [0.5, 0.6) is 0 Å². The van der Waals surface area contributed by atoms with E-state index in [1.165, 1.54) is 19.4 Å². The molecule has 0 bridgehead atoms. The van der Waals surface area contributed by atoms with Gasteiger partial charge < -0.3 is 19.9 Å². The Balaban J connectivity index is 2.57.